The number of rotatable bonds is 2. The minimum atomic E-state index is -0.549. The zero-order chi connectivity index (χ0) is 13.1. The van der Waals surface area contributed by atoms with Crippen LogP contribution in [0.1, 0.15) is 20.8 Å². The summed E-state index contributed by atoms with van der Waals surface area (Å²) in [6.07, 6.45) is 0.968. The number of carbonyl (C=O) groups is 2. The van der Waals surface area contributed by atoms with Crippen molar-refractivity contribution in [2.45, 2.75) is 26.4 Å². The summed E-state index contributed by atoms with van der Waals surface area (Å²) in [5.74, 6) is -0.169. The monoisotopic (exact) mass is 260 g/mol. The van der Waals surface area contributed by atoms with Crippen LogP contribution in [0.25, 0.3) is 0 Å². The molecule has 1 rings (SSSR count). The molecule has 1 aliphatic heterocycles. The van der Waals surface area contributed by atoms with E-state index >= 15 is 0 Å². The minimum absolute atomic E-state index is 0.190. The van der Waals surface area contributed by atoms with E-state index in [1.165, 1.54) is 22.9 Å². The number of hydrogen-bond donors (Lipinski definition) is 1. The number of nitrogens with zero attached hydrogens (tertiary/aromatic N) is 1. The molecular formula is C10H16N2O4S. The second-order valence-electron chi connectivity index (χ2n) is 4.35. The smallest absolute Gasteiger partial charge is 0.415 e. The molecule has 0 radical (unpaired) electrons. The summed E-state index contributed by atoms with van der Waals surface area (Å²) in [7, 11) is 0. The maximum absolute atomic E-state index is 11.6. The maximum atomic E-state index is 11.6. The summed E-state index contributed by atoms with van der Waals surface area (Å²) in [5, 5.41) is 0.353. The van der Waals surface area contributed by atoms with Crippen molar-refractivity contribution in [3.8, 4) is 0 Å². The average molecular weight is 260 g/mol. The third kappa shape index (κ3) is 4.66. The van der Waals surface area contributed by atoms with Crippen LogP contribution in [0.3, 0.4) is 0 Å². The van der Waals surface area contributed by atoms with E-state index in [9.17, 15) is 9.59 Å². The molecule has 0 saturated heterocycles. The third-order valence-electron chi connectivity index (χ3n) is 1.62. The number of carbonyl (C=O) groups excluding carboxylic acids is 2. The second-order valence-corrected chi connectivity index (χ2v) is 5.30. The molecule has 1 aliphatic rings. The van der Waals surface area contributed by atoms with E-state index in [0.717, 1.165) is 0 Å². The van der Waals surface area contributed by atoms with Crippen molar-refractivity contribution >= 4 is 23.8 Å². The Kier molecular flexibility index (Phi) is 4.41. The Bertz CT molecular complexity index is 349. The minimum Gasteiger partial charge on any atom is -0.443 e. The van der Waals surface area contributed by atoms with Gasteiger partial charge in [0.2, 0.25) is 0 Å². The highest BCUT2D eigenvalue weighted by Gasteiger charge is 2.26. The van der Waals surface area contributed by atoms with Gasteiger partial charge in [0.25, 0.3) is 0 Å². The summed E-state index contributed by atoms with van der Waals surface area (Å²) in [6, 6.07) is 0. The van der Waals surface area contributed by atoms with Crippen LogP contribution in [0.4, 0.5) is 4.79 Å². The van der Waals surface area contributed by atoms with Crippen molar-refractivity contribution in [2.75, 3.05) is 12.4 Å². The van der Waals surface area contributed by atoms with Crippen molar-refractivity contribution in [3.05, 3.63) is 11.3 Å². The lowest BCUT2D eigenvalue weighted by Crippen LogP contribution is -2.32. The van der Waals surface area contributed by atoms with Crippen LogP contribution in [0.5, 0.6) is 0 Å². The molecular weight excluding hydrogens is 244 g/mol. The van der Waals surface area contributed by atoms with Gasteiger partial charge in [-0.2, -0.15) is 0 Å². The Balaban J connectivity index is 2.53. The van der Waals surface area contributed by atoms with Gasteiger partial charge in [-0.15, -0.1) is 0 Å². The number of esters is 1. The Morgan fingerprint density at radius 2 is 2.18 bits per heavy atom. The predicted octanol–water partition coefficient (Wildman–Crippen LogP) is 1.23. The van der Waals surface area contributed by atoms with Crippen molar-refractivity contribution in [1.82, 2.24) is 4.90 Å². The van der Waals surface area contributed by atoms with E-state index in [0.29, 0.717) is 11.0 Å². The van der Waals surface area contributed by atoms with Crippen LogP contribution in [0.15, 0.2) is 11.3 Å². The lowest BCUT2D eigenvalue weighted by atomic mass is 10.2. The molecule has 0 aliphatic carbocycles. The topological polar surface area (TPSA) is 81.9 Å². The number of hydrogen-bond acceptors (Lipinski definition) is 6. The fraction of sp³-hybridized carbons (Fsp3) is 0.600. The first-order chi connectivity index (χ1) is 7.81. The van der Waals surface area contributed by atoms with Crippen LogP contribution in [-0.2, 0) is 14.3 Å². The van der Waals surface area contributed by atoms with Crippen molar-refractivity contribution < 1.29 is 19.1 Å². The molecule has 2 N–H and O–H groups in total. The third-order valence-corrected chi connectivity index (χ3v) is 2.50. The molecule has 0 atom stereocenters. The summed E-state index contributed by atoms with van der Waals surface area (Å²) in [4.78, 5) is 23.9. The molecule has 6 nitrogen and oxygen atoms in total. The molecule has 0 saturated carbocycles. The van der Waals surface area contributed by atoms with Gasteiger partial charge in [-0.25, -0.2) is 4.79 Å². The fourth-order valence-electron chi connectivity index (χ4n) is 0.971. The molecule has 1 heterocycles. The first kappa shape index (κ1) is 13.9. The van der Waals surface area contributed by atoms with Gasteiger partial charge in [0.1, 0.15) is 5.60 Å². The quantitative estimate of drug-likeness (QED) is 0.752. The van der Waals surface area contributed by atoms with Crippen molar-refractivity contribution in [1.29, 1.82) is 0 Å². The van der Waals surface area contributed by atoms with Crippen LogP contribution in [-0.4, -0.2) is 35.0 Å². The van der Waals surface area contributed by atoms with Crippen LogP contribution >= 0.6 is 11.8 Å². The average Bonchev–Trinajstić information content (AvgIpc) is 2.63. The second kappa shape index (κ2) is 5.42. The lowest BCUT2D eigenvalue weighted by Gasteiger charge is -2.22. The Hall–Kier alpha value is -1.21. The molecule has 17 heavy (non-hydrogen) atoms. The number of thioether (sulfide) groups is 1. The molecule has 96 valence electrons. The number of nitrogens with two attached hydrogens (primary N) is 1. The van der Waals surface area contributed by atoms with Crippen molar-refractivity contribution in [3.63, 3.8) is 0 Å². The first-order valence-corrected chi connectivity index (χ1v) is 6.05. The standard InChI is InChI=1S/C10H16N2O4S/c1-10(2,3)16-9(14)12-5-8(17-6-12)15-7(13)4-11/h5H,4,6,11H2,1-3H3. The lowest BCUT2D eigenvalue weighted by molar-refractivity contribution is -0.136. The molecule has 0 unspecified atom stereocenters. The van der Waals surface area contributed by atoms with E-state index in [-0.39, 0.29) is 6.54 Å². The molecule has 0 aromatic carbocycles. The number of amides is 1. The van der Waals surface area contributed by atoms with Gasteiger partial charge in [-0.1, -0.05) is 11.8 Å². The van der Waals surface area contributed by atoms with Gasteiger partial charge < -0.3 is 15.2 Å². The first-order valence-electron chi connectivity index (χ1n) is 5.07. The Morgan fingerprint density at radius 3 is 2.71 bits per heavy atom. The highest BCUT2D eigenvalue weighted by Crippen LogP contribution is 2.27. The van der Waals surface area contributed by atoms with Crippen LogP contribution < -0.4 is 5.73 Å². The summed E-state index contributed by atoms with van der Waals surface area (Å²) < 4.78 is 10.0. The van der Waals surface area contributed by atoms with Crippen LogP contribution in [0.2, 0.25) is 0 Å². The largest absolute Gasteiger partial charge is 0.443 e. The molecule has 7 heteroatoms. The summed E-state index contributed by atoms with van der Waals surface area (Å²) in [6.45, 7) is 5.16. The highest BCUT2D eigenvalue weighted by molar-refractivity contribution is 8.03. The van der Waals surface area contributed by atoms with E-state index < -0.39 is 17.7 Å². The van der Waals surface area contributed by atoms with E-state index in [1.807, 2.05) is 0 Å². The van der Waals surface area contributed by atoms with Gasteiger partial charge in [-0.05, 0) is 20.8 Å². The van der Waals surface area contributed by atoms with Gasteiger partial charge in [0.15, 0.2) is 5.09 Å². The molecule has 0 spiro atoms. The van der Waals surface area contributed by atoms with E-state index in [2.05, 4.69) is 0 Å². The van der Waals surface area contributed by atoms with Crippen LogP contribution in [0, 0.1) is 0 Å². The predicted molar refractivity (Wildman–Crippen MR) is 63.8 cm³/mol. The SMILES string of the molecule is CC(C)(C)OC(=O)N1C=C(OC(=O)CN)SC1. The molecule has 0 fully saturated rings. The van der Waals surface area contributed by atoms with Crippen molar-refractivity contribution in [2.24, 2.45) is 5.73 Å². The summed E-state index contributed by atoms with van der Waals surface area (Å²) in [5.41, 5.74) is 4.56. The Labute approximate surface area is 104 Å². The van der Waals surface area contributed by atoms with E-state index in [1.54, 1.807) is 20.8 Å². The zero-order valence-corrected chi connectivity index (χ0v) is 10.9. The molecule has 0 aromatic heterocycles. The van der Waals surface area contributed by atoms with Gasteiger partial charge in [0.05, 0.1) is 18.6 Å². The van der Waals surface area contributed by atoms with Gasteiger partial charge in [0, 0.05) is 0 Å². The van der Waals surface area contributed by atoms with Gasteiger partial charge in [-0.3, -0.25) is 9.69 Å². The van der Waals surface area contributed by atoms with Gasteiger partial charge >= 0.3 is 12.1 Å². The molecule has 0 bridgehead atoms. The zero-order valence-electron chi connectivity index (χ0n) is 10.1. The normalized spacial score (nSPS) is 15.5. The fourth-order valence-corrected chi connectivity index (χ4v) is 1.77. The molecule has 1 amide bonds. The Morgan fingerprint density at radius 1 is 1.53 bits per heavy atom. The van der Waals surface area contributed by atoms with E-state index in [4.69, 9.17) is 15.2 Å². The number of ether oxygens (including phenoxy) is 2. The molecule has 0 aromatic rings. The maximum Gasteiger partial charge on any atom is 0.415 e. The summed E-state index contributed by atoms with van der Waals surface area (Å²) >= 11 is 1.24. The highest BCUT2D eigenvalue weighted by atomic mass is 32.2.